The van der Waals surface area contributed by atoms with Crippen LogP contribution in [-0.2, 0) is 24.1 Å². The van der Waals surface area contributed by atoms with Crippen LogP contribution in [-0.4, -0.2) is 10.9 Å². The highest BCUT2D eigenvalue weighted by Crippen LogP contribution is 2.22. The molecule has 0 aromatic heterocycles. The van der Waals surface area contributed by atoms with Crippen LogP contribution in [0.1, 0.15) is 123 Å². The standard InChI is InChI=1S/C45H44F6O2/c1-2-33-21-24-36(43(49)42(33)48)25-22-34-19-17-31(29-39(34)46)13-9-5-3-7-11-15-38(52)16-12-8-4-6-10-14-32-18-20-35(40(47)30-32)23-26-37-27-28-41(53)45(51)44(37)50/h17-21,24,27-30,53H,2-16H2,1H3. The molecule has 0 amide bonds. The topological polar surface area (TPSA) is 37.3 Å². The van der Waals surface area contributed by atoms with E-state index in [1.165, 1.54) is 30.3 Å². The molecule has 0 atom stereocenters. The second kappa shape index (κ2) is 20.9. The first-order valence-corrected chi connectivity index (χ1v) is 18.3. The number of Topliss-reactive ketones (excluding diaryl/α,β-unsaturated/α-hetero) is 1. The zero-order valence-electron chi connectivity index (χ0n) is 30.0. The third-order valence-corrected chi connectivity index (χ3v) is 9.18. The van der Waals surface area contributed by atoms with Gasteiger partial charge in [-0.05, 0) is 104 Å². The quantitative estimate of drug-likeness (QED) is 0.0667. The van der Waals surface area contributed by atoms with E-state index in [1.54, 1.807) is 25.1 Å². The lowest BCUT2D eigenvalue weighted by atomic mass is 10.0. The fourth-order valence-electron chi connectivity index (χ4n) is 5.98. The molecule has 0 spiro atoms. The van der Waals surface area contributed by atoms with Crippen LogP contribution in [0.2, 0.25) is 0 Å². The van der Waals surface area contributed by atoms with Gasteiger partial charge >= 0.3 is 0 Å². The Kier molecular flexibility index (Phi) is 16.1. The number of halogens is 6. The molecule has 0 saturated carbocycles. The van der Waals surface area contributed by atoms with Gasteiger partial charge in [0.2, 0.25) is 5.82 Å². The summed E-state index contributed by atoms with van der Waals surface area (Å²) in [4.78, 5) is 12.3. The molecule has 278 valence electrons. The van der Waals surface area contributed by atoms with Gasteiger partial charge in [0.15, 0.2) is 23.2 Å². The Hall–Kier alpha value is -4.95. The number of hydrogen-bond acceptors (Lipinski definition) is 2. The number of rotatable bonds is 17. The van der Waals surface area contributed by atoms with E-state index in [0.29, 0.717) is 25.7 Å². The minimum atomic E-state index is -1.39. The summed E-state index contributed by atoms with van der Waals surface area (Å²) in [5, 5.41) is 9.21. The van der Waals surface area contributed by atoms with Crippen LogP contribution >= 0.6 is 0 Å². The number of carbonyl (C=O) groups is 1. The van der Waals surface area contributed by atoms with Crippen molar-refractivity contribution in [3.05, 3.63) is 135 Å². The van der Waals surface area contributed by atoms with Crippen LogP contribution in [0.3, 0.4) is 0 Å². The number of phenolic OH excluding ortho intramolecular Hbond substituents is 1. The minimum absolute atomic E-state index is 0.0712. The van der Waals surface area contributed by atoms with Gasteiger partial charge in [-0.3, -0.25) is 4.79 Å². The van der Waals surface area contributed by atoms with Crippen molar-refractivity contribution < 1.29 is 36.2 Å². The first-order valence-electron chi connectivity index (χ1n) is 18.3. The molecule has 4 aromatic carbocycles. The summed E-state index contributed by atoms with van der Waals surface area (Å²) in [6, 6.07) is 14.5. The van der Waals surface area contributed by atoms with Crippen molar-refractivity contribution in [3.63, 3.8) is 0 Å². The van der Waals surface area contributed by atoms with Crippen LogP contribution in [0.4, 0.5) is 26.3 Å². The molecule has 4 rings (SSSR count). The zero-order chi connectivity index (χ0) is 38.2. The van der Waals surface area contributed by atoms with E-state index >= 15 is 0 Å². The number of unbranched alkanes of at least 4 members (excludes halogenated alkanes) is 8. The number of benzene rings is 4. The Labute approximate surface area is 308 Å². The van der Waals surface area contributed by atoms with Crippen LogP contribution < -0.4 is 0 Å². The molecule has 0 fully saturated rings. The van der Waals surface area contributed by atoms with E-state index in [4.69, 9.17) is 0 Å². The highest BCUT2D eigenvalue weighted by molar-refractivity contribution is 5.78. The molecule has 4 aromatic rings. The number of aromatic hydroxyl groups is 1. The summed E-state index contributed by atoms with van der Waals surface area (Å²) in [5.74, 6) is 3.93. The van der Waals surface area contributed by atoms with Gasteiger partial charge in [-0.15, -0.1) is 0 Å². The Balaban J connectivity index is 1.02. The molecule has 1 N–H and O–H groups in total. The lowest BCUT2D eigenvalue weighted by Gasteiger charge is -2.05. The van der Waals surface area contributed by atoms with Crippen molar-refractivity contribution in [2.24, 2.45) is 0 Å². The monoisotopic (exact) mass is 730 g/mol. The van der Waals surface area contributed by atoms with E-state index in [2.05, 4.69) is 23.7 Å². The number of aryl methyl sites for hydroxylation is 3. The third kappa shape index (κ3) is 12.6. The van der Waals surface area contributed by atoms with E-state index in [0.717, 1.165) is 93.9 Å². The van der Waals surface area contributed by atoms with E-state index in [1.807, 2.05) is 0 Å². The normalized spacial score (nSPS) is 10.8. The maximum Gasteiger partial charge on any atom is 0.201 e. The molecular weight excluding hydrogens is 686 g/mol. The third-order valence-electron chi connectivity index (χ3n) is 9.18. The van der Waals surface area contributed by atoms with Gasteiger partial charge in [-0.25, -0.2) is 22.0 Å². The number of ketones is 1. The van der Waals surface area contributed by atoms with Crippen molar-refractivity contribution in [2.75, 3.05) is 0 Å². The van der Waals surface area contributed by atoms with Crippen molar-refractivity contribution in [3.8, 4) is 29.4 Å². The lowest BCUT2D eigenvalue weighted by molar-refractivity contribution is -0.119. The Morgan fingerprint density at radius 1 is 0.509 bits per heavy atom. The first-order chi connectivity index (χ1) is 25.6. The van der Waals surface area contributed by atoms with E-state index < -0.39 is 40.7 Å². The summed E-state index contributed by atoms with van der Waals surface area (Å²) in [6.07, 6.45) is 12.3. The fourth-order valence-corrected chi connectivity index (χ4v) is 5.98. The molecule has 8 heteroatoms. The van der Waals surface area contributed by atoms with Gasteiger partial charge in [-0.1, -0.05) is 87.3 Å². The summed E-state index contributed by atoms with van der Waals surface area (Å²) < 4.78 is 84.7. The Bertz CT molecular complexity index is 2000. The largest absolute Gasteiger partial charge is 0.505 e. The molecule has 0 unspecified atom stereocenters. The summed E-state index contributed by atoms with van der Waals surface area (Å²) in [6.45, 7) is 1.73. The van der Waals surface area contributed by atoms with Crippen LogP contribution in [0.25, 0.3) is 0 Å². The van der Waals surface area contributed by atoms with Gasteiger partial charge in [0.25, 0.3) is 0 Å². The predicted molar refractivity (Wildman–Crippen MR) is 196 cm³/mol. The molecule has 53 heavy (non-hydrogen) atoms. The number of hydrogen-bond donors (Lipinski definition) is 1. The SMILES string of the molecule is CCc1ccc(C#Cc2ccc(CCCCCCCC(=O)CCCCCCCc3ccc(C#Cc4ccc(O)c(F)c4F)c(F)c3)cc2F)c(F)c1F. The molecule has 0 bridgehead atoms. The highest BCUT2D eigenvalue weighted by Gasteiger charge is 2.13. The Morgan fingerprint density at radius 3 is 1.42 bits per heavy atom. The summed E-state index contributed by atoms with van der Waals surface area (Å²) in [7, 11) is 0. The summed E-state index contributed by atoms with van der Waals surface area (Å²) >= 11 is 0. The van der Waals surface area contributed by atoms with Gasteiger partial charge in [0, 0.05) is 12.8 Å². The average Bonchev–Trinajstić information content (AvgIpc) is 3.14. The number of phenols is 1. The lowest BCUT2D eigenvalue weighted by Crippen LogP contribution is -1.98. The van der Waals surface area contributed by atoms with Gasteiger partial charge in [-0.2, -0.15) is 4.39 Å². The average molecular weight is 731 g/mol. The second-order valence-electron chi connectivity index (χ2n) is 13.2. The van der Waals surface area contributed by atoms with E-state index in [-0.39, 0.29) is 33.6 Å². The molecule has 0 radical (unpaired) electrons. The maximum absolute atomic E-state index is 14.6. The van der Waals surface area contributed by atoms with Crippen LogP contribution in [0.15, 0.2) is 60.7 Å². The van der Waals surface area contributed by atoms with Crippen LogP contribution in [0.5, 0.6) is 5.75 Å². The van der Waals surface area contributed by atoms with Gasteiger partial charge < -0.3 is 5.11 Å². The Morgan fingerprint density at radius 2 is 0.925 bits per heavy atom. The second-order valence-corrected chi connectivity index (χ2v) is 13.2. The maximum atomic E-state index is 14.6. The zero-order valence-corrected chi connectivity index (χ0v) is 30.0. The molecule has 0 heterocycles. The van der Waals surface area contributed by atoms with E-state index in [9.17, 15) is 36.2 Å². The smallest absolute Gasteiger partial charge is 0.201 e. The minimum Gasteiger partial charge on any atom is -0.505 e. The first kappa shape index (κ1) is 40.8. The molecule has 0 saturated heterocycles. The molecule has 2 nitrogen and oxygen atoms in total. The number of carbonyl (C=O) groups excluding carboxylic acids is 1. The molecule has 0 aliphatic rings. The van der Waals surface area contributed by atoms with Crippen molar-refractivity contribution in [1.82, 2.24) is 0 Å². The van der Waals surface area contributed by atoms with Crippen LogP contribution in [0, 0.1) is 58.6 Å². The predicted octanol–water partition coefficient (Wildman–Crippen LogP) is 11.6. The van der Waals surface area contributed by atoms with Gasteiger partial charge in [0.05, 0.1) is 22.3 Å². The highest BCUT2D eigenvalue weighted by atomic mass is 19.2. The van der Waals surface area contributed by atoms with Gasteiger partial charge in [0.1, 0.15) is 17.4 Å². The van der Waals surface area contributed by atoms with Crippen molar-refractivity contribution in [1.29, 1.82) is 0 Å². The molecular formula is C45H44F6O2. The van der Waals surface area contributed by atoms with Crippen molar-refractivity contribution in [2.45, 2.75) is 103 Å². The fraction of sp³-hybridized carbons (Fsp3) is 0.356. The molecule has 0 aliphatic heterocycles. The summed E-state index contributed by atoms with van der Waals surface area (Å²) in [5.41, 5.74) is 1.78. The van der Waals surface area contributed by atoms with Crippen molar-refractivity contribution >= 4 is 5.78 Å². The molecule has 0 aliphatic carbocycles.